The Bertz CT molecular complexity index is 508. The lowest BCUT2D eigenvalue weighted by Gasteiger charge is -2.31. The molecule has 1 aromatic heterocycles. The number of nitrogens with one attached hydrogen (secondary N) is 2. The predicted molar refractivity (Wildman–Crippen MR) is 99.5 cm³/mol. The molecule has 6 heteroatoms. The van der Waals surface area contributed by atoms with E-state index < -0.39 is 0 Å². The van der Waals surface area contributed by atoms with Crippen molar-refractivity contribution in [2.75, 3.05) is 31.1 Å². The Morgan fingerprint density at radius 2 is 1.80 bits per heavy atom. The number of hydrogen-bond acceptors (Lipinski definition) is 5. The lowest BCUT2D eigenvalue weighted by molar-refractivity contribution is -0.125. The second-order valence-electron chi connectivity index (χ2n) is 7.26. The van der Waals surface area contributed by atoms with Gasteiger partial charge in [0, 0.05) is 50.5 Å². The van der Waals surface area contributed by atoms with E-state index in [1.807, 2.05) is 0 Å². The molecule has 2 fully saturated rings. The van der Waals surface area contributed by atoms with Gasteiger partial charge in [0.1, 0.15) is 5.82 Å². The van der Waals surface area contributed by atoms with Gasteiger partial charge < -0.3 is 15.5 Å². The van der Waals surface area contributed by atoms with Crippen molar-refractivity contribution in [2.45, 2.75) is 57.4 Å². The Labute approximate surface area is 150 Å². The highest BCUT2D eigenvalue weighted by Gasteiger charge is 2.25. The maximum atomic E-state index is 12.4. The molecule has 2 N–H and O–H groups in total. The van der Waals surface area contributed by atoms with Crippen molar-refractivity contribution >= 4 is 11.7 Å². The van der Waals surface area contributed by atoms with Crippen LogP contribution in [0, 0.1) is 5.92 Å². The van der Waals surface area contributed by atoms with Gasteiger partial charge in [-0.25, -0.2) is 4.98 Å². The number of carbonyl (C=O) groups excluding carboxylic acids is 1. The van der Waals surface area contributed by atoms with Crippen LogP contribution in [0.4, 0.5) is 5.82 Å². The van der Waals surface area contributed by atoms with Crippen LogP contribution in [0.3, 0.4) is 0 Å². The fourth-order valence-corrected chi connectivity index (χ4v) is 3.92. The number of anilines is 1. The second-order valence-corrected chi connectivity index (χ2v) is 7.26. The van der Waals surface area contributed by atoms with E-state index in [9.17, 15) is 4.79 Å². The van der Waals surface area contributed by atoms with Crippen molar-refractivity contribution in [1.82, 2.24) is 20.6 Å². The maximum absolute atomic E-state index is 12.4. The number of hydrogen-bond donors (Lipinski definition) is 2. The average molecular weight is 345 g/mol. The number of aromatic nitrogens is 2. The van der Waals surface area contributed by atoms with Crippen LogP contribution in [0.1, 0.15) is 51.4 Å². The van der Waals surface area contributed by atoms with Gasteiger partial charge in [0.2, 0.25) is 5.91 Å². The molecular formula is C19H31N5O. The number of piperidine rings is 1. The van der Waals surface area contributed by atoms with Crippen molar-refractivity contribution in [3.05, 3.63) is 18.6 Å². The molecule has 1 aromatic rings. The van der Waals surface area contributed by atoms with Gasteiger partial charge in [-0.2, -0.15) is 0 Å². The Morgan fingerprint density at radius 1 is 1.04 bits per heavy atom. The summed E-state index contributed by atoms with van der Waals surface area (Å²) in [6.07, 6.45) is 15.0. The van der Waals surface area contributed by atoms with Crippen LogP contribution in [0.2, 0.25) is 0 Å². The lowest BCUT2D eigenvalue weighted by Crippen LogP contribution is -2.43. The number of carbonyl (C=O) groups is 1. The van der Waals surface area contributed by atoms with Gasteiger partial charge in [-0.1, -0.05) is 25.7 Å². The van der Waals surface area contributed by atoms with Gasteiger partial charge in [-0.05, 0) is 25.7 Å². The van der Waals surface area contributed by atoms with E-state index in [4.69, 9.17) is 0 Å². The van der Waals surface area contributed by atoms with Crippen LogP contribution in [-0.4, -0.2) is 48.1 Å². The predicted octanol–water partition coefficient (Wildman–Crippen LogP) is 2.12. The fourth-order valence-electron chi connectivity index (χ4n) is 3.92. The van der Waals surface area contributed by atoms with Gasteiger partial charge in [-0.3, -0.25) is 9.78 Å². The number of nitrogens with zero attached hydrogens (tertiary/aromatic N) is 3. The zero-order chi connectivity index (χ0) is 17.3. The largest absolute Gasteiger partial charge is 0.355 e. The topological polar surface area (TPSA) is 70.2 Å². The zero-order valence-electron chi connectivity index (χ0n) is 15.1. The molecule has 1 saturated heterocycles. The Hall–Kier alpha value is -1.69. The molecule has 0 bridgehead atoms. The molecule has 1 saturated carbocycles. The second kappa shape index (κ2) is 9.70. The molecule has 138 valence electrons. The normalized spacial score (nSPS) is 20.2. The van der Waals surface area contributed by atoms with Gasteiger partial charge in [0.25, 0.3) is 0 Å². The van der Waals surface area contributed by atoms with Crippen LogP contribution in [-0.2, 0) is 4.79 Å². The molecule has 1 amide bonds. The maximum Gasteiger partial charge on any atom is 0.223 e. The Kier molecular flexibility index (Phi) is 7.03. The minimum Gasteiger partial charge on any atom is -0.355 e. The van der Waals surface area contributed by atoms with E-state index in [-0.39, 0.29) is 11.8 Å². The molecule has 25 heavy (non-hydrogen) atoms. The van der Waals surface area contributed by atoms with Crippen molar-refractivity contribution < 1.29 is 4.79 Å². The molecule has 0 radical (unpaired) electrons. The molecular weight excluding hydrogens is 314 g/mol. The highest BCUT2D eigenvalue weighted by molar-refractivity contribution is 5.78. The molecule has 3 rings (SSSR count). The molecule has 0 unspecified atom stereocenters. The van der Waals surface area contributed by atoms with E-state index in [0.717, 1.165) is 44.8 Å². The summed E-state index contributed by atoms with van der Waals surface area (Å²) in [4.78, 5) is 23.0. The van der Waals surface area contributed by atoms with Gasteiger partial charge in [0.15, 0.2) is 0 Å². The summed E-state index contributed by atoms with van der Waals surface area (Å²) in [5, 5.41) is 6.72. The summed E-state index contributed by atoms with van der Waals surface area (Å²) in [7, 11) is 0. The lowest BCUT2D eigenvalue weighted by atomic mass is 9.96. The van der Waals surface area contributed by atoms with Crippen LogP contribution >= 0.6 is 0 Å². The fraction of sp³-hybridized carbons (Fsp3) is 0.737. The third kappa shape index (κ3) is 5.66. The van der Waals surface area contributed by atoms with E-state index in [0.29, 0.717) is 6.04 Å². The smallest absolute Gasteiger partial charge is 0.223 e. The molecule has 2 heterocycles. The van der Waals surface area contributed by atoms with Crippen LogP contribution in [0.5, 0.6) is 0 Å². The number of amides is 1. The molecule has 0 aromatic carbocycles. The third-order valence-corrected chi connectivity index (χ3v) is 5.45. The molecule has 6 nitrogen and oxygen atoms in total. The summed E-state index contributed by atoms with van der Waals surface area (Å²) in [6.45, 7) is 3.36. The average Bonchev–Trinajstić information content (AvgIpc) is 2.95. The molecule has 0 spiro atoms. The highest BCUT2D eigenvalue weighted by Crippen LogP contribution is 2.21. The summed E-state index contributed by atoms with van der Waals surface area (Å²) in [5.41, 5.74) is 0. The van der Waals surface area contributed by atoms with E-state index in [2.05, 4.69) is 25.5 Å². The first-order chi connectivity index (χ1) is 12.3. The van der Waals surface area contributed by atoms with Crippen LogP contribution < -0.4 is 15.5 Å². The highest BCUT2D eigenvalue weighted by atomic mass is 16.1. The Morgan fingerprint density at radius 3 is 2.48 bits per heavy atom. The monoisotopic (exact) mass is 345 g/mol. The summed E-state index contributed by atoms with van der Waals surface area (Å²) in [5.74, 6) is 1.25. The first-order valence-electron chi connectivity index (χ1n) is 9.85. The van der Waals surface area contributed by atoms with Gasteiger partial charge in [0.05, 0.1) is 6.20 Å². The first kappa shape index (κ1) is 18.1. The van der Waals surface area contributed by atoms with Gasteiger partial charge >= 0.3 is 0 Å². The van der Waals surface area contributed by atoms with Crippen molar-refractivity contribution in [3.8, 4) is 0 Å². The zero-order valence-corrected chi connectivity index (χ0v) is 15.1. The summed E-state index contributed by atoms with van der Waals surface area (Å²) < 4.78 is 0. The minimum absolute atomic E-state index is 0.130. The van der Waals surface area contributed by atoms with Crippen molar-refractivity contribution in [1.29, 1.82) is 0 Å². The van der Waals surface area contributed by atoms with E-state index in [1.165, 1.54) is 38.5 Å². The molecule has 1 aliphatic heterocycles. The summed E-state index contributed by atoms with van der Waals surface area (Å²) >= 11 is 0. The van der Waals surface area contributed by atoms with Crippen LogP contribution in [0.25, 0.3) is 0 Å². The van der Waals surface area contributed by atoms with E-state index >= 15 is 0 Å². The SMILES string of the molecule is O=C(NCCNC1CCCCCC1)C1CCN(c2cnccn2)CC1. The van der Waals surface area contributed by atoms with E-state index in [1.54, 1.807) is 18.6 Å². The quantitative estimate of drug-likeness (QED) is 0.610. The Balaban J connectivity index is 1.31. The number of rotatable bonds is 6. The molecule has 2 aliphatic rings. The van der Waals surface area contributed by atoms with Crippen molar-refractivity contribution in [3.63, 3.8) is 0 Å². The van der Waals surface area contributed by atoms with Gasteiger partial charge in [-0.15, -0.1) is 0 Å². The van der Waals surface area contributed by atoms with Crippen LogP contribution in [0.15, 0.2) is 18.6 Å². The first-order valence-corrected chi connectivity index (χ1v) is 9.85. The van der Waals surface area contributed by atoms with Crippen molar-refractivity contribution in [2.24, 2.45) is 5.92 Å². The summed E-state index contributed by atoms with van der Waals surface area (Å²) in [6, 6.07) is 0.648. The standard InChI is InChI=1S/C19H31N5O/c25-19(23-12-11-21-17-5-3-1-2-4-6-17)16-7-13-24(14-8-16)18-15-20-9-10-22-18/h9-10,15-17,21H,1-8,11-14H2,(H,23,25). The molecule has 0 atom stereocenters. The molecule has 1 aliphatic carbocycles. The third-order valence-electron chi connectivity index (χ3n) is 5.45. The minimum atomic E-state index is 0.130.